The normalized spacial score (nSPS) is 11.4. The number of nitrogens with zero attached hydrogens (tertiary/aromatic N) is 3. The molecule has 25 heavy (non-hydrogen) atoms. The van der Waals surface area contributed by atoms with Crippen molar-refractivity contribution in [3.8, 4) is 12.3 Å². The highest BCUT2D eigenvalue weighted by Gasteiger charge is 2.11. The van der Waals surface area contributed by atoms with Crippen LogP contribution in [0.5, 0.6) is 0 Å². The summed E-state index contributed by atoms with van der Waals surface area (Å²) in [6, 6.07) is 11.1. The minimum absolute atomic E-state index is 0.0781. The number of nitro groups is 1. The first kappa shape index (κ1) is 17.1. The van der Waals surface area contributed by atoms with Gasteiger partial charge in [0.2, 0.25) is 0 Å². The predicted molar refractivity (Wildman–Crippen MR) is 99.3 cm³/mol. The van der Waals surface area contributed by atoms with Gasteiger partial charge in [-0.25, -0.2) is 0 Å². The number of thiazole rings is 1. The molecule has 3 aromatic rings. The summed E-state index contributed by atoms with van der Waals surface area (Å²) in [7, 11) is 0. The number of nitro benzene ring substituents is 1. The number of rotatable bonds is 3. The van der Waals surface area contributed by atoms with E-state index in [4.69, 9.17) is 6.42 Å². The van der Waals surface area contributed by atoms with Gasteiger partial charge in [-0.1, -0.05) is 33.2 Å². The third-order valence-electron chi connectivity index (χ3n) is 3.42. The summed E-state index contributed by atoms with van der Waals surface area (Å²) in [5.74, 6) is 2.08. The average molecular weight is 416 g/mol. The molecule has 124 valence electrons. The summed E-state index contributed by atoms with van der Waals surface area (Å²) in [5, 5.41) is 10.7. The van der Waals surface area contributed by atoms with E-state index in [0.717, 1.165) is 14.7 Å². The van der Waals surface area contributed by atoms with Gasteiger partial charge in [0.1, 0.15) is 0 Å². The number of non-ortho nitro benzene ring substituents is 1. The van der Waals surface area contributed by atoms with Crippen LogP contribution < -0.4 is 4.80 Å². The molecule has 0 fully saturated rings. The fourth-order valence-corrected chi connectivity index (χ4v) is 3.83. The van der Waals surface area contributed by atoms with Gasteiger partial charge in [-0.2, -0.15) is 4.99 Å². The second kappa shape index (κ2) is 7.01. The second-order valence-corrected chi connectivity index (χ2v) is 6.93. The standard InChI is InChI=1S/C17H10BrN3O3S/c1-2-9-20-14-8-5-12(18)10-15(14)25-17(20)19-16(22)11-3-6-13(7-4-11)21(23)24/h1,3-8,10H,9H2. The van der Waals surface area contributed by atoms with Crippen LogP contribution in [0, 0.1) is 22.5 Å². The van der Waals surface area contributed by atoms with E-state index >= 15 is 0 Å². The summed E-state index contributed by atoms with van der Waals surface area (Å²) in [5.41, 5.74) is 1.09. The van der Waals surface area contributed by atoms with E-state index < -0.39 is 10.8 Å². The lowest BCUT2D eigenvalue weighted by atomic mass is 10.2. The molecule has 1 aromatic heterocycles. The fraction of sp³-hybridized carbons (Fsp3) is 0.0588. The van der Waals surface area contributed by atoms with Crippen LogP contribution in [-0.2, 0) is 6.54 Å². The van der Waals surface area contributed by atoms with Crippen LogP contribution in [0.15, 0.2) is 51.9 Å². The quantitative estimate of drug-likeness (QED) is 0.371. The van der Waals surface area contributed by atoms with Crippen LogP contribution in [-0.4, -0.2) is 15.4 Å². The molecule has 6 nitrogen and oxygen atoms in total. The lowest BCUT2D eigenvalue weighted by Gasteiger charge is -2.00. The summed E-state index contributed by atoms with van der Waals surface area (Å²) in [4.78, 5) is 27.2. The van der Waals surface area contributed by atoms with E-state index in [1.807, 2.05) is 18.2 Å². The third-order valence-corrected chi connectivity index (χ3v) is 4.95. The van der Waals surface area contributed by atoms with E-state index in [1.165, 1.54) is 35.6 Å². The van der Waals surface area contributed by atoms with E-state index in [0.29, 0.717) is 4.80 Å². The molecule has 0 saturated heterocycles. The van der Waals surface area contributed by atoms with Crippen LogP contribution in [0.1, 0.15) is 10.4 Å². The number of halogens is 1. The highest BCUT2D eigenvalue weighted by Crippen LogP contribution is 2.22. The first-order chi connectivity index (χ1) is 12.0. The van der Waals surface area contributed by atoms with Gasteiger partial charge in [0.25, 0.3) is 11.6 Å². The zero-order chi connectivity index (χ0) is 18.0. The molecule has 0 N–H and O–H groups in total. The number of hydrogen-bond acceptors (Lipinski definition) is 4. The van der Waals surface area contributed by atoms with Gasteiger partial charge in [0.15, 0.2) is 4.80 Å². The Kier molecular flexibility index (Phi) is 4.79. The molecule has 0 atom stereocenters. The minimum atomic E-state index is -0.518. The summed E-state index contributed by atoms with van der Waals surface area (Å²) < 4.78 is 3.65. The highest BCUT2D eigenvalue weighted by molar-refractivity contribution is 9.10. The van der Waals surface area contributed by atoms with Crippen molar-refractivity contribution >= 4 is 49.1 Å². The lowest BCUT2D eigenvalue weighted by Crippen LogP contribution is -2.16. The molecule has 1 amide bonds. The van der Waals surface area contributed by atoms with Gasteiger partial charge in [0, 0.05) is 22.2 Å². The SMILES string of the molecule is C#CCn1c(=NC(=O)c2ccc([N+](=O)[O-])cc2)sc2cc(Br)ccc21. The van der Waals surface area contributed by atoms with E-state index in [-0.39, 0.29) is 17.8 Å². The van der Waals surface area contributed by atoms with Gasteiger partial charge in [-0.3, -0.25) is 14.9 Å². The average Bonchev–Trinajstić information content (AvgIpc) is 2.91. The topological polar surface area (TPSA) is 77.5 Å². The Morgan fingerprint density at radius 3 is 2.68 bits per heavy atom. The molecule has 0 radical (unpaired) electrons. The molecule has 0 aliphatic carbocycles. The summed E-state index contributed by atoms with van der Waals surface area (Å²) in [6.07, 6.45) is 5.43. The van der Waals surface area contributed by atoms with Crippen molar-refractivity contribution in [1.82, 2.24) is 4.57 Å². The molecule has 0 unspecified atom stereocenters. The lowest BCUT2D eigenvalue weighted by molar-refractivity contribution is -0.384. The second-order valence-electron chi connectivity index (χ2n) is 5.01. The molecule has 1 heterocycles. The Bertz CT molecular complexity index is 1090. The third kappa shape index (κ3) is 3.52. The van der Waals surface area contributed by atoms with Gasteiger partial charge in [-0.15, -0.1) is 6.42 Å². The van der Waals surface area contributed by atoms with Gasteiger partial charge < -0.3 is 4.57 Å². The van der Waals surface area contributed by atoms with Crippen molar-refractivity contribution in [2.75, 3.05) is 0 Å². The highest BCUT2D eigenvalue weighted by atomic mass is 79.9. The smallest absolute Gasteiger partial charge is 0.279 e. The Balaban J connectivity index is 2.08. The summed E-state index contributed by atoms with van der Waals surface area (Å²) >= 11 is 4.77. The molecule has 3 rings (SSSR count). The number of carbonyl (C=O) groups excluding carboxylic acids is 1. The van der Waals surface area contributed by atoms with Gasteiger partial charge in [0.05, 0.1) is 21.7 Å². The maximum absolute atomic E-state index is 12.4. The van der Waals surface area contributed by atoms with Crippen LogP contribution in [0.3, 0.4) is 0 Å². The van der Waals surface area contributed by atoms with Crippen LogP contribution in [0.2, 0.25) is 0 Å². The molecule has 0 aliphatic rings. The number of amides is 1. The number of benzene rings is 2. The molecule has 2 aromatic carbocycles. The molecule has 0 aliphatic heterocycles. The van der Waals surface area contributed by atoms with Crippen LogP contribution in [0.4, 0.5) is 5.69 Å². The van der Waals surface area contributed by atoms with Crippen molar-refractivity contribution in [3.63, 3.8) is 0 Å². The molecule has 0 saturated carbocycles. The van der Waals surface area contributed by atoms with Gasteiger partial charge >= 0.3 is 0 Å². The number of hydrogen-bond donors (Lipinski definition) is 0. The van der Waals surface area contributed by atoms with E-state index in [1.54, 1.807) is 4.57 Å². The molecule has 0 bridgehead atoms. The van der Waals surface area contributed by atoms with E-state index in [9.17, 15) is 14.9 Å². The minimum Gasteiger partial charge on any atom is -0.305 e. The first-order valence-corrected chi connectivity index (χ1v) is 8.66. The largest absolute Gasteiger partial charge is 0.305 e. The van der Waals surface area contributed by atoms with Crippen molar-refractivity contribution in [1.29, 1.82) is 0 Å². The Morgan fingerprint density at radius 1 is 1.32 bits per heavy atom. The Morgan fingerprint density at radius 2 is 2.04 bits per heavy atom. The zero-order valence-corrected chi connectivity index (χ0v) is 15.1. The number of aromatic nitrogens is 1. The maximum atomic E-state index is 12.4. The van der Waals surface area contributed by atoms with Gasteiger partial charge in [-0.05, 0) is 30.3 Å². The number of terminal acetylenes is 1. The maximum Gasteiger partial charge on any atom is 0.279 e. The molecular weight excluding hydrogens is 406 g/mol. The number of carbonyl (C=O) groups is 1. The van der Waals surface area contributed by atoms with Crippen molar-refractivity contribution < 1.29 is 9.72 Å². The molecule has 8 heteroatoms. The van der Waals surface area contributed by atoms with E-state index in [2.05, 4.69) is 26.8 Å². The van der Waals surface area contributed by atoms with Crippen LogP contribution in [0.25, 0.3) is 10.2 Å². The number of fused-ring (bicyclic) bond motifs is 1. The summed E-state index contributed by atoms with van der Waals surface area (Å²) in [6.45, 7) is 0.286. The fourth-order valence-electron chi connectivity index (χ4n) is 2.25. The monoisotopic (exact) mass is 415 g/mol. The van der Waals surface area contributed by atoms with Crippen molar-refractivity contribution in [2.24, 2.45) is 4.99 Å². The van der Waals surface area contributed by atoms with Crippen LogP contribution >= 0.6 is 27.3 Å². The zero-order valence-electron chi connectivity index (χ0n) is 12.7. The van der Waals surface area contributed by atoms with Crippen molar-refractivity contribution in [3.05, 3.63) is 67.4 Å². The Labute approximate surface area is 154 Å². The molecule has 0 spiro atoms. The molecular formula is C17H10BrN3O3S. The predicted octanol–water partition coefficient (Wildman–Crippen LogP) is 3.75. The first-order valence-electron chi connectivity index (χ1n) is 7.05. The van der Waals surface area contributed by atoms with Crippen molar-refractivity contribution in [2.45, 2.75) is 6.54 Å². The Hall–Kier alpha value is -2.76.